The largest absolute Gasteiger partial charge is 0.372 e. The van der Waals surface area contributed by atoms with Gasteiger partial charge in [0.25, 0.3) is 0 Å². The maximum atomic E-state index is 7.34. The van der Waals surface area contributed by atoms with Gasteiger partial charge >= 0.3 is 0 Å². The van der Waals surface area contributed by atoms with E-state index in [2.05, 4.69) is 5.32 Å². The highest BCUT2D eigenvalue weighted by Gasteiger charge is 2.29. The van der Waals surface area contributed by atoms with Crippen molar-refractivity contribution in [1.82, 2.24) is 10.2 Å². The Morgan fingerprint density at radius 1 is 1.71 bits per heavy atom. The standard InChI is InChI=1S/C9H19N5/c1-14(2)6-9(12,5-10)3-7-4-13-8(7)11/h4-5,8,10,13H,3,6,11-12H2,1-2H3. The fourth-order valence-electron chi connectivity index (χ4n) is 1.58. The van der Waals surface area contributed by atoms with E-state index in [4.69, 9.17) is 16.9 Å². The van der Waals surface area contributed by atoms with Crippen LogP contribution in [0.3, 0.4) is 0 Å². The van der Waals surface area contributed by atoms with Crippen LogP contribution in [0.15, 0.2) is 11.8 Å². The van der Waals surface area contributed by atoms with E-state index in [0.29, 0.717) is 13.0 Å². The summed E-state index contributed by atoms with van der Waals surface area (Å²) in [6.07, 6.45) is 3.73. The molecule has 1 heterocycles. The Hall–Kier alpha value is -0.910. The number of rotatable bonds is 5. The van der Waals surface area contributed by atoms with Gasteiger partial charge in [-0.3, -0.25) is 0 Å². The van der Waals surface area contributed by atoms with Crippen LogP contribution in [-0.4, -0.2) is 43.5 Å². The van der Waals surface area contributed by atoms with Crippen LogP contribution in [0, 0.1) is 5.41 Å². The Kier molecular flexibility index (Phi) is 3.25. The first-order valence-corrected chi connectivity index (χ1v) is 4.63. The van der Waals surface area contributed by atoms with Crippen LogP contribution in [0.1, 0.15) is 6.42 Å². The van der Waals surface area contributed by atoms with Crippen molar-refractivity contribution in [3.8, 4) is 0 Å². The lowest BCUT2D eigenvalue weighted by molar-refractivity contribution is 0.332. The predicted molar refractivity (Wildman–Crippen MR) is 58.1 cm³/mol. The first-order chi connectivity index (χ1) is 6.47. The van der Waals surface area contributed by atoms with Crippen molar-refractivity contribution in [2.45, 2.75) is 18.1 Å². The zero-order valence-electron chi connectivity index (χ0n) is 8.75. The molecule has 0 amide bonds. The van der Waals surface area contributed by atoms with Gasteiger partial charge in [-0.1, -0.05) is 0 Å². The molecule has 2 atom stereocenters. The third-order valence-corrected chi connectivity index (χ3v) is 2.28. The molecule has 0 saturated carbocycles. The zero-order valence-corrected chi connectivity index (χ0v) is 8.75. The molecule has 1 aliphatic rings. The van der Waals surface area contributed by atoms with E-state index >= 15 is 0 Å². The highest BCUT2D eigenvalue weighted by Crippen LogP contribution is 2.18. The maximum Gasteiger partial charge on any atom is 0.0979 e. The van der Waals surface area contributed by atoms with E-state index in [0.717, 1.165) is 5.57 Å². The molecular weight excluding hydrogens is 178 g/mol. The van der Waals surface area contributed by atoms with Gasteiger partial charge in [0.05, 0.1) is 11.7 Å². The summed E-state index contributed by atoms with van der Waals surface area (Å²) >= 11 is 0. The van der Waals surface area contributed by atoms with Crippen molar-refractivity contribution in [2.75, 3.05) is 20.6 Å². The minimum atomic E-state index is -0.602. The summed E-state index contributed by atoms with van der Waals surface area (Å²) in [6.45, 7) is 0.653. The second-order valence-electron chi connectivity index (χ2n) is 4.16. The minimum absolute atomic E-state index is 0.0833. The second-order valence-corrected chi connectivity index (χ2v) is 4.16. The minimum Gasteiger partial charge on any atom is -0.372 e. The van der Waals surface area contributed by atoms with Crippen LogP contribution in [-0.2, 0) is 0 Å². The van der Waals surface area contributed by atoms with Crippen molar-refractivity contribution in [1.29, 1.82) is 5.41 Å². The molecule has 0 radical (unpaired) electrons. The Morgan fingerprint density at radius 2 is 2.36 bits per heavy atom. The Morgan fingerprint density at radius 3 is 2.64 bits per heavy atom. The number of hydrogen-bond donors (Lipinski definition) is 4. The van der Waals surface area contributed by atoms with E-state index in [-0.39, 0.29) is 6.17 Å². The molecule has 0 saturated heterocycles. The Balaban J connectivity index is 2.57. The van der Waals surface area contributed by atoms with Gasteiger partial charge in [-0.15, -0.1) is 0 Å². The Bertz CT molecular complexity index is 248. The summed E-state index contributed by atoms with van der Waals surface area (Å²) in [4.78, 5) is 1.98. The highest BCUT2D eigenvalue weighted by atomic mass is 15.1. The van der Waals surface area contributed by atoms with Gasteiger partial charge in [-0.25, -0.2) is 0 Å². The van der Waals surface area contributed by atoms with Crippen LogP contribution >= 0.6 is 0 Å². The topological polar surface area (TPSA) is 91.2 Å². The first kappa shape index (κ1) is 11.2. The molecule has 1 rings (SSSR count). The first-order valence-electron chi connectivity index (χ1n) is 4.63. The normalized spacial score (nSPS) is 24.6. The molecular formula is C9H19N5. The predicted octanol–water partition coefficient (Wildman–Crippen LogP) is -0.943. The molecule has 0 bridgehead atoms. The van der Waals surface area contributed by atoms with Crippen molar-refractivity contribution in [2.24, 2.45) is 11.5 Å². The van der Waals surface area contributed by atoms with E-state index < -0.39 is 5.54 Å². The van der Waals surface area contributed by atoms with Crippen LogP contribution in [0.2, 0.25) is 0 Å². The quantitative estimate of drug-likeness (QED) is 0.428. The van der Waals surface area contributed by atoms with Crippen molar-refractivity contribution in [3.05, 3.63) is 11.8 Å². The van der Waals surface area contributed by atoms with Crippen LogP contribution < -0.4 is 16.8 Å². The molecule has 6 N–H and O–H groups in total. The molecule has 2 unspecified atom stereocenters. The maximum absolute atomic E-state index is 7.34. The van der Waals surface area contributed by atoms with E-state index in [1.165, 1.54) is 6.21 Å². The number of likely N-dealkylation sites (N-methyl/N-ethyl adjacent to an activating group) is 1. The molecule has 80 valence electrons. The summed E-state index contributed by atoms with van der Waals surface area (Å²) in [5.74, 6) is 0. The molecule has 0 aromatic rings. The summed E-state index contributed by atoms with van der Waals surface area (Å²) in [7, 11) is 3.89. The molecule has 1 aliphatic heterocycles. The van der Waals surface area contributed by atoms with E-state index in [1.54, 1.807) is 0 Å². The van der Waals surface area contributed by atoms with Gasteiger partial charge in [0.15, 0.2) is 0 Å². The van der Waals surface area contributed by atoms with Gasteiger partial charge in [0.1, 0.15) is 0 Å². The van der Waals surface area contributed by atoms with E-state index in [9.17, 15) is 0 Å². The molecule has 0 aromatic carbocycles. The van der Waals surface area contributed by atoms with Crippen molar-refractivity contribution >= 4 is 6.21 Å². The summed E-state index contributed by atoms with van der Waals surface area (Å²) in [5.41, 5.74) is 12.2. The SMILES string of the molecule is CN(C)CC(N)(C=N)CC1=CNC1N. The van der Waals surface area contributed by atoms with Gasteiger partial charge in [0, 0.05) is 19.0 Å². The fraction of sp³-hybridized carbons (Fsp3) is 0.667. The van der Waals surface area contributed by atoms with Crippen LogP contribution in [0.4, 0.5) is 0 Å². The molecule has 0 fully saturated rings. The zero-order chi connectivity index (χ0) is 10.8. The Labute approximate surface area is 84.6 Å². The van der Waals surface area contributed by atoms with Gasteiger partial charge in [-0.2, -0.15) is 0 Å². The second kappa shape index (κ2) is 4.08. The molecule has 0 aromatic heterocycles. The smallest absolute Gasteiger partial charge is 0.0979 e. The number of nitrogens with one attached hydrogen (secondary N) is 2. The summed E-state index contributed by atoms with van der Waals surface area (Å²) in [6, 6.07) is 0. The third kappa shape index (κ3) is 2.54. The van der Waals surface area contributed by atoms with E-state index in [1.807, 2.05) is 25.2 Å². The van der Waals surface area contributed by atoms with Gasteiger partial charge in [0.2, 0.25) is 0 Å². The van der Waals surface area contributed by atoms with Crippen molar-refractivity contribution < 1.29 is 0 Å². The molecule has 0 aliphatic carbocycles. The van der Waals surface area contributed by atoms with Crippen LogP contribution in [0.25, 0.3) is 0 Å². The lowest BCUT2D eigenvalue weighted by Crippen LogP contribution is -2.54. The van der Waals surface area contributed by atoms with Gasteiger partial charge < -0.3 is 27.1 Å². The number of nitrogens with zero attached hydrogens (tertiary/aromatic N) is 1. The lowest BCUT2D eigenvalue weighted by Gasteiger charge is -2.34. The number of nitrogens with two attached hydrogens (primary N) is 2. The summed E-state index contributed by atoms with van der Waals surface area (Å²) < 4.78 is 0. The third-order valence-electron chi connectivity index (χ3n) is 2.28. The average Bonchev–Trinajstić information content (AvgIpc) is 2.11. The molecule has 5 heteroatoms. The van der Waals surface area contributed by atoms with Gasteiger partial charge in [-0.05, 0) is 26.1 Å². The fourth-order valence-corrected chi connectivity index (χ4v) is 1.58. The van der Waals surface area contributed by atoms with Crippen molar-refractivity contribution in [3.63, 3.8) is 0 Å². The number of hydrogen-bond acceptors (Lipinski definition) is 5. The molecule has 0 spiro atoms. The molecule has 5 nitrogen and oxygen atoms in total. The average molecular weight is 197 g/mol. The summed E-state index contributed by atoms with van der Waals surface area (Å²) in [5, 5.41) is 10.3. The van der Waals surface area contributed by atoms with Crippen LogP contribution in [0.5, 0.6) is 0 Å². The monoisotopic (exact) mass is 197 g/mol. The molecule has 14 heavy (non-hydrogen) atoms. The highest BCUT2D eigenvalue weighted by molar-refractivity contribution is 5.68. The lowest BCUT2D eigenvalue weighted by atomic mass is 9.89.